The topological polar surface area (TPSA) is 105 Å². The van der Waals surface area contributed by atoms with Crippen LogP contribution in [0.4, 0.5) is 10.1 Å². The van der Waals surface area contributed by atoms with Gasteiger partial charge in [-0.1, -0.05) is 17.7 Å². The zero-order valence-electron chi connectivity index (χ0n) is 16.4. The molecule has 2 aromatic carbocycles. The fraction of sp³-hybridized carbons (Fsp3) is 0.190. The minimum Gasteiger partial charge on any atom is -0.435 e. The Morgan fingerprint density at radius 3 is 2.68 bits per heavy atom. The van der Waals surface area contributed by atoms with Crippen LogP contribution in [-0.2, 0) is 9.73 Å². The first-order chi connectivity index (χ1) is 14.7. The van der Waals surface area contributed by atoms with Crippen molar-refractivity contribution in [3.8, 4) is 11.6 Å². The maximum atomic E-state index is 13.3. The van der Waals surface area contributed by atoms with E-state index in [4.69, 9.17) is 21.1 Å². The molecular weight excluding hydrogens is 443 g/mol. The summed E-state index contributed by atoms with van der Waals surface area (Å²) in [5, 5.41) is 10.9. The molecule has 3 aromatic rings. The Hall–Kier alpha value is -3.04. The molecule has 1 aliphatic rings. The van der Waals surface area contributed by atoms with Crippen molar-refractivity contribution in [3.05, 3.63) is 70.6 Å². The predicted octanol–water partition coefficient (Wildman–Crippen LogP) is 5.23. The molecule has 1 fully saturated rings. The molecule has 0 spiro atoms. The summed E-state index contributed by atoms with van der Waals surface area (Å²) in [5.74, 6) is -0.736. The van der Waals surface area contributed by atoms with E-state index in [0.717, 1.165) is 18.9 Å². The summed E-state index contributed by atoms with van der Waals surface area (Å²) in [7, 11) is -2.94. The van der Waals surface area contributed by atoms with Crippen LogP contribution >= 0.6 is 11.6 Å². The van der Waals surface area contributed by atoms with Gasteiger partial charge in [-0.15, -0.1) is 5.10 Å². The highest BCUT2D eigenvalue weighted by Gasteiger charge is 2.28. The zero-order valence-corrected chi connectivity index (χ0v) is 18.0. The number of benzene rings is 2. The second-order valence-electron chi connectivity index (χ2n) is 7.26. The molecule has 1 unspecified atom stereocenters. The van der Waals surface area contributed by atoms with Crippen LogP contribution in [0.25, 0.3) is 0 Å². The Balaban J connectivity index is 1.67. The molecule has 1 aromatic heterocycles. The number of hydrogen-bond donors (Lipinski definition) is 2. The van der Waals surface area contributed by atoms with Gasteiger partial charge in [0.25, 0.3) is 11.8 Å². The number of hydrogen-bond acceptors (Lipinski definition) is 6. The number of nitrogens with one attached hydrogen (secondary N) is 2. The Labute approximate surface area is 183 Å². The monoisotopic (exact) mass is 460 g/mol. The van der Waals surface area contributed by atoms with Crippen LogP contribution in [0.3, 0.4) is 0 Å². The van der Waals surface area contributed by atoms with Crippen LogP contribution in [0, 0.1) is 10.6 Å². The average Bonchev–Trinajstić information content (AvgIpc) is 3.55. The summed E-state index contributed by atoms with van der Waals surface area (Å²) in [5.41, 5.74) is 1.19. The Bertz CT molecular complexity index is 1280. The van der Waals surface area contributed by atoms with Crippen molar-refractivity contribution in [3.63, 3.8) is 0 Å². The molecule has 1 aliphatic carbocycles. The van der Waals surface area contributed by atoms with Crippen molar-refractivity contribution in [1.29, 1.82) is 4.78 Å². The van der Waals surface area contributed by atoms with Crippen LogP contribution in [0.5, 0.6) is 11.6 Å². The normalized spacial score (nSPS) is 15.2. The molecule has 160 valence electrons. The molecule has 1 atom stereocenters. The molecule has 31 heavy (non-hydrogen) atoms. The summed E-state index contributed by atoms with van der Waals surface area (Å²) >= 11 is 6.03. The highest BCUT2D eigenvalue weighted by atomic mass is 35.5. The molecule has 10 heteroatoms. The van der Waals surface area contributed by atoms with E-state index >= 15 is 0 Å². The molecule has 1 saturated carbocycles. The van der Waals surface area contributed by atoms with Gasteiger partial charge in [0, 0.05) is 22.8 Å². The van der Waals surface area contributed by atoms with Crippen molar-refractivity contribution in [2.75, 3.05) is 11.6 Å². The standard InChI is InChI=1S/C21H18ClFN4O3S/c1-31(24,29)15-4-2-3-14(10-15)25-20(28)16-11-18(12-5-6-12)26-27-21(16)30-19-8-7-13(23)9-17(19)22/h2-4,7-12,24H,5-6H2,1H3,(H,25,28). The number of nitrogens with zero attached hydrogens (tertiary/aromatic N) is 2. The van der Waals surface area contributed by atoms with Gasteiger partial charge in [-0.25, -0.2) is 13.4 Å². The van der Waals surface area contributed by atoms with Crippen LogP contribution in [0.1, 0.15) is 34.8 Å². The Morgan fingerprint density at radius 2 is 2.00 bits per heavy atom. The smallest absolute Gasteiger partial charge is 0.261 e. The Morgan fingerprint density at radius 1 is 1.23 bits per heavy atom. The van der Waals surface area contributed by atoms with Gasteiger partial charge in [0.15, 0.2) is 0 Å². The molecule has 2 N–H and O–H groups in total. The summed E-state index contributed by atoms with van der Waals surface area (Å²) in [6.07, 6.45) is 3.24. The van der Waals surface area contributed by atoms with Gasteiger partial charge in [0.2, 0.25) is 0 Å². The Kier molecular flexibility index (Phi) is 5.63. The summed E-state index contributed by atoms with van der Waals surface area (Å²) in [6.45, 7) is 0. The molecular formula is C21H18ClFN4O3S. The molecule has 0 bridgehead atoms. The van der Waals surface area contributed by atoms with Gasteiger partial charge in [0.1, 0.15) is 17.1 Å². The minimum atomic E-state index is -2.94. The van der Waals surface area contributed by atoms with Crippen molar-refractivity contribution in [1.82, 2.24) is 10.2 Å². The van der Waals surface area contributed by atoms with E-state index in [1.165, 1.54) is 24.5 Å². The average molecular weight is 461 g/mol. The molecule has 0 saturated heterocycles. The SMILES string of the molecule is CS(=N)(=O)c1cccc(NC(=O)c2cc(C3CC3)nnc2Oc2ccc(F)cc2Cl)c1. The largest absolute Gasteiger partial charge is 0.435 e. The number of halogens is 2. The van der Waals surface area contributed by atoms with Gasteiger partial charge < -0.3 is 10.1 Å². The zero-order chi connectivity index (χ0) is 22.2. The van der Waals surface area contributed by atoms with Crippen LogP contribution in [0.15, 0.2) is 53.4 Å². The molecule has 1 heterocycles. The first-order valence-corrected chi connectivity index (χ1v) is 11.7. The maximum Gasteiger partial charge on any atom is 0.261 e. The van der Waals surface area contributed by atoms with E-state index in [2.05, 4.69) is 15.5 Å². The van der Waals surface area contributed by atoms with E-state index in [-0.39, 0.29) is 28.1 Å². The lowest BCUT2D eigenvalue weighted by Crippen LogP contribution is -2.15. The molecule has 0 radical (unpaired) electrons. The van der Waals surface area contributed by atoms with Crippen LogP contribution < -0.4 is 10.1 Å². The van der Waals surface area contributed by atoms with Gasteiger partial charge in [-0.05, 0) is 55.3 Å². The first-order valence-electron chi connectivity index (χ1n) is 9.36. The van der Waals surface area contributed by atoms with E-state index in [9.17, 15) is 13.4 Å². The van der Waals surface area contributed by atoms with Gasteiger partial charge >= 0.3 is 0 Å². The maximum absolute atomic E-state index is 13.3. The number of carbonyl (C=O) groups is 1. The van der Waals surface area contributed by atoms with E-state index in [1.54, 1.807) is 24.3 Å². The van der Waals surface area contributed by atoms with Gasteiger partial charge in [0.05, 0.1) is 20.4 Å². The fourth-order valence-corrected chi connectivity index (χ4v) is 3.78. The van der Waals surface area contributed by atoms with Crippen molar-refractivity contribution < 1.29 is 18.1 Å². The number of anilines is 1. The number of aromatic nitrogens is 2. The second-order valence-corrected chi connectivity index (χ2v) is 9.83. The predicted molar refractivity (Wildman–Crippen MR) is 115 cm³/mol. The van der Waals surface area contributed by atoms with E-state index < -0.39 is 21.5 Å². The summed E-state index contributed by atoms with van der Waals surface area (Å²) < 4.78 is 38.8. The van der Waals surface area contributed by atoms with Crippen molar-refractivity contribution in [2.24, 2.45) is 0 Å². The second kappa shape index (κ2) is 8.24. The van der Waals surface area contributed by atoms with Crippen LogP contribution in [-0.4, -0.2) is 26.6 Å². The lowest BCUT2D eigenvalue weighted by molar-refractivity contribution is 0.102. The third kappa shape index (κ3) is 5.00. The third-order valence-electron chi connectivity index (χ3n) is 4.66. The lowest BCUT2D eigenvalue weighted by Gasteiger charge is -2.13. The lowest BCUT2D eigenvalue weighted by atomic mass is 10.2. The number of amides is 1. The van der Waals surface area contributed by atoms with Gasteiger partial charge in [-0.2, -0.15) is 5.10 Å². The van der Waals surface area contributed by atoms with Gasteiger partial charge in [-0.3, -0.25) is 4.79 Å². The third-order valence-corrected chi connectivity index (χ3v) is 6.11. The van der Waals surface area contributed by atoms with E-state index in [0.29, 0.717) is 16.3 Å². The summed E-state index contributed by atoms with van der Waals surface area (Å²) in [6, 6.07) is 11.5. The molecule has 7 nitrogen and oxygen atoms in total. The highest BCUT2D eigenvalue weighted by molar-refractivity contribution is 7.91. The van der Waals surface area contributed by atoms with Crippen molar-refractivity contribution >= 4 is 32.9 Å². The quantitative estimate of drug-likeness (QED) is 0.524. The van der Waals surface area contributed by atoms with E-state index in [1.807, 2.05) is 0 Å². The molecule has 4 rings (SSSR count). The van der Waals surface area contributed by atoms with Crippen molar-refractivity contribution in [2.45, 2.75) is 23.7 Å². The minimum absolute atomic E-state index is 0.0280. The number of rotatable bonds is 6. The summed E-state index contributed by atoms with van der Waals surface area (Å²) in [4.78, 5) is 13.3. The highest BCUT2D eigenvalue weighted by Crippen LogP contribution is 2.40. The number of carbonyl (C=O) groups excluding carboxylic acids is 1. The fourth-order valence-electron chi connectivity index (χ4n) is 2.89. The first kappa shape index (κ1) is 21.2. The molecule has 0 aliphatic heterocycles. The van der Waals surface area contributed by atoms with Crippen LogP contribution in [0.2, 0.25) is 5.02 Å². The molecule has 1 amide bonds. The number of ether oxygens (including phenoxy) is 1.